The quantitative estimate of drug-likeness (QED) is 0.794. The lowest BCUT2D eigenvalue weighted by Crippen LogP contribution is -2.05. The number of fused-ring (bicyclic) bond motifs is 1. The first-order chi connectivity index (χ1) is 10.2. The van der Waals surface area contributed by atoms with Crippen LogP contribution in [0.25, 0.3) is 11.0 Å². The second-order valence-corrected chi connectivity index (χ2v) is 4.61. The van der Waals surface area contributed by atoms with Gasteiger partial charge in [-0.2, -0.15) is 0 Å². The molecule has 0 unspecified atom stereocenters. The molecule has 0 spiro atoms. The van der Waals surface area contributed by atoms with Gasteiger partial charge in [0.15, 0.2) is 11.5 Å². The number of ether oxygens (including phenoxy) is 2. The summed E-state index contributed by atoms with van der Waals surface area (Å²) in [4.78, 5) is 8.36. The van der Waals surface area contributed by atoms with Crippen LogP contribution in [0.1, 0.15) is 5.56 Å². The second-order valence-electron chi connectivity index (χ2n) is 4.61. The van der Waals surface area contributed by atoms with Gasteiger partial charge >= 0.3 is 0 Å². The number of nitrogen functional groups attached to an aromatic ring is 1. The summed E-state index contributed by atoms with van der Waals surface area (Å²) in [5.41, 5.74) is 8.79. The van der Waals surface area contributed by atoms with Crippen LogP contribution in [0.3, 0.4) is 0 Å². The molecule has 0 saturated heterocycles. The fraction of sp³-hybridized carbons (Fsp3) is 0.200. The monoisotopic (exact) mass is 284 g/mol. The van der Waals surface area contributed by atoms with Crippen molar-refractivity contribution in [1.82, 2.24) is 14.5 Å². The number of hydrogen-bond acceptors (Lipinski definition) is 5. The van der Waals surface area contributed by atoms with Crippen LogP contribution in [-0.2, 0) is 6.54 Å². The number of aromatic nitrogens is 3. The lowest BCUT2D eigenvalue weighted by molar-refractivity contribution is 0.354. The molecule has 2 heterocycles. The largest absolute Gasteiger partial charge is 0.493 e. The van der Waals surface area contributed by atoms with E-state index in [2.05, 4.69) is 9.97 Å². The first-order valence-electron chi connectivity index (χ1n) is 6.49. The number of rotatable bonds is 4. The van der Waals surface area contributed by atoms with Crippen LogP contribution in [0.2, 0.25) is 0 Å². The zero-order valence-corrected chi connectivity index (χ0v) is 11.9. The molecule has 6 nitrogen and oxygen atoms in total. The molecule has 21 heavy (non-hydrogen) atoms. The van der Waals surface area contributed by atoms with E-state index in [-0.39, 0.29) is 0 Å². The van der Waals surface area contributed by atoms with E-state index < -0.39 is 0 Å². The molecule has 0 aliphatic carbocycles. The molecule has 108 valence electrons. The highest BCUT2D eigenvalue weighted by atomic mass is 16.5. The van der Waals surface area contributed by atoms with Crippen LogP contribution in [0, 0.1) is 0 Å². The van der Waals surface area contributed by atoms with Crippen molar-refractivity contribution in [3.05, 3.63) is 42.2 Å². The van der Waals surface area contributed by atoms with Gasteiger partial charge in [-0.15, -0.1) is 0 Å². The van der Waals surface area contributed by atoms with Crippen LogP contribution in [0.15, 0.2) is 36.7 Å². The Hall–Kier alpha value is -2.76. The molecule has 0 radical (unpaired) electrons. The molecule has 0 aliphatic heterocycles. The average Bonchev–Trinajstić information content (AvgIpc) is 2.83. The van der Waals surface area contributed by atoms with Crippen LogP contribution >= 0.6 is 0 Å². The molecule has 0 saturated carbocycles. The fourth-order valence-electron chi connectivity index (χ4n) is 2.33. The highest BCUT2D eigenvalue weighted by molar-refractivity contribution is 5.77. The number of benzene rings is 1. The molecule has 0 amide bonds. The summed E-state index contributed by atoms with van der Waals surface area (Å²) in [6, 6.07) is 7.70. The van der Waals surface area contributed by atoms with E-state index in [9.17, 15) is 0 Å². The Labute approximate surface area is 122 Å². The van der Waals surface area contributed by atoms with E-state index in [1.54, 1.807) is 26.6 Å². The van der Waals surface area contributed by atoms with Gasteiger partial charge < -0.3 is 19.8 Å². The summed E-state index contributed by atoms with van der Waals surface area (Å²) in [5.74, 6) is 1.86. The van der Waals surface area contributed by atoms with Gasteiger partial charge in [0.05, 0.1) is 32.5 Å². The van der Waals surface area contributed by atoms with Gasteiger partial charge in [-0.25, -0.2) is 4.98 Å². The lowest BCUT2D eigenvalue weighted by atomic mass is 10.2. The topological polar surface area (TPSA) is 75.2 Å². The molecule has 1 aromatic carbocycles. The summed E-state index contributed by atoms with van der Waals surface area (Å²) in [6.07, 6.45) is 3.44. The predicted octanol–water partition coefficient (Wildman–Crippen LogP) is 2.08. The molecule has 3 rings (SSSR count). The first kappa shape index (κ1) is 13.2. The van der Waals surface area contributed by atoms with Gasteiger partial charge in [0.25, 0.3) is 0 Å². The normalized spacial score (nSPS) is 10.8. The standard InChI is InChI=1S/C15H16N4O2/c1-20-13-4-3-10(7-14(13)21-2)9-19-12-5-6-17-8-11(12)18-15(19)16/h3-8H,9H2,1-2H3,(H2,16,18). The van der Waals surface area contributed by atoms with E-state index in [1.165, 1.54) is 0 Å². The van der Waals surface area contributed by atoms with E-state index in [0.717, 1.165) is 16.6 Å². The maximum atomic E-state index is 6.00. The van der Waals surface area contributed by atoms with Crippen molar-refractivity contribution >= 4 is 17.0 Å². The molecular formula is C15H16N4O2. The van der Waals surface area contributed by atoms with E-state index in [1.807, 2.05) is 28.8 Å². The van der Waals surface area contributed by atoms with Gasteiger partial charge in [-0.05, 0) is 23.8 Å². The molecule has 0 atom stereocenters. The number of nitrogens with two attached hydrogens (primary N) is 1. The third kappa shape index (κ3) is 2.35. The Balaban J connectivity index is 2.00. The van der Waals surface area contributed by atoms with E-state index in [0.29, 0.717) is 24.0 Å². The summed E-state index contributed by atoms with van der Waals surface area (Å²) in [7, 11) is 3.24. The van der Waals surface area contributed by atoms with Crippen molar-refractivity contribution in [2.24, 2.45) is 0 Å². The van der Waals surface area contributed by atoms with E-state index in [4.69, 9.17) is 15.2 Å². The Morgan fingerprint density at radius 1 is 1.14 bits per heavy atom. The lowest BCUT2D eigenvalue weighted by Gasteiger charge is -2.11. The fourth-order valence-corrected chi connectivity index (χ4v) is 2.33. The minimum absolute atomic E-state index is 0.466. The predicted molar refractivity (Wildman–Crippen MR) is 80.6 cm³/mol. The minimum Gasteiger partial charge on any atom is -0.493 e. The Morgan fingerprint density at radius 2 is 1.95 bits per heavy atom. The van der Waals surface area contributed by atoms with Crippen LogP contribution in [0.4, 0.5) is 5.95 Å². The molecular weight excluding hydrogens is 268 g/mol. The number of pyridine rings is 1. The van der Waals surface area contributed by atoms with Gasteiger partial charge in [-0.3, -0.25) is 4.98 Å². The summed E-state index contributed by atoms with van der Waals surface area (Å²) in [6.45, 7) is 0.604. The zero-order valence-electron chi connectivity index (χ0n) is 11.9. The van der Waals surface area contributed by atoms with Crippen molar-refractivity contribution in [2.45, 2.75) is 6.54 Å². The molecule has 3 aromatic rings. The average molecular weight is 284 g/mol. The molecule has 0 aliphatic rings. The number of hydrogen-bond donors (Lipinski definition) is 1. The summed E-state index contributed by atoms with van der Waals surface area (Å²) < 4.78 is 12.5. The van der Waals surface area contributed by atoms with Crippen molar-refractivity contribution < 1.29 is 9.47 Å². The van der Waals surface area contributed by atoms with Gasteiger partial charge in [-0.1, -0.05) is 6.07 Å². The summed E-state index contributed by atoms with van der Waals surface area (Å²) >= 11 is 0. The van der Waals surface area contributed by atoms with Crippen molar-refractivity contribution in [3.63, 3.8) is 0 Å². The molecule has 0 fully saturated rings. The van der Waals surface area contributed by atoms with Gasteiger partial charge in [0.1, 0.15) is 5.52 Å². The SMILES string of the molecule is COc1ccc(Cn2c(N)nc3cnccc32)cc1OC. The number of methoxy groups -OCH3 is 2. The third-order valence-electron chi connectivity index (χ3n) is 3.37. The third-order valence-corrected chi connectivity index (χ3v) is 3.37. The molecule has 6 heteroatoms. The molecule has 2 N–H and O–H groups in total. The highest BCUT2D eigenvalue weighted by Gasteiger charge is 2.10. The van der Waals surface area contributed by atoms with Crippen molar-refractivity contribution in [2.75, 3.05) is 20.0 Å². The van der Waals surface area contributed by atoms with Crippen LogP contribution in [0.5, 0.6) is 11.5 Å². The highest BCUT2D eigenvalue weighted by Crippen LogP contribution is 2.28. The van der Waals surface area contributed by atoms with E-state index >= 15 is 0 Å². The Kier molecular flexibility index (Phi) is 3.35. The van der Waals surface area contributed by atoms with Crippen LogP contribution in [-0.4, -0.2) is 28.8 Å². The van der Waals surface area contributed by atoms with Crippen LogP contribution < -0.4 is 15.2 Å². The zero-order chi connectivity index (χ0) is 14.8. The first-order valence-corrected chi connectivity index (χ1v) is 6.49. The van der Waals surface area contributed by atoms with Gasteiger partial charge in [0, 0.05) is 6.20 Å². The molecule has 2 aromatic heterocycles. The number of imidazole rings is 1. The molecule has 0 bridgehead atoms. The smallest absolute Gasteiger partial charge is 0.201 e. The number of anilines is 1. The maximum Gasteiger partial charge on any atom is 0.201 e. The second kappa shape index (κ2) is 5.32. The van der Waals surface area contributed by atoms with Crippen molar-refractivity contribution in [1.29, 1.82) is 0 Å². The van der Waals surface area contributed by atoms with Crippen molar-refractivity contribution in [3.8, 4) is 11.5 Å². The summed E-state index contributed by atoms with van der Waals surface area (Å²) in [5, 5.41) is 0. The number of nitrogens with zero attached hydrogens (tertiary/aromatic N) is 3. The Bertz CT molecular complexity index is 782. The van der Waals surface area contributed by atoms with Gasteiger partial charge in [0.2, 0.25) is 5.95 Å². The maximum absolute atomic E-state index is 6.00. The Morgan fingerprint density at radius 3 is 2.71 bits per heavy atom. The minimum atomic E-state index is 0.466.